The summed E-state index contributed by atoms with van der Waals surface area (Å²) in [6, 6.07) is 0. The van der Waals surface area contributed by atoms with Crippen molar-refractivity contribution in [2.45, 2.75) is 51.9 Å². The smallest absolute Gasteiger partial charge is 0.303 e. The molecule has 0 bridgehead atoms. The van der Waals surface area contributed by atoms with Crippen molar-refractivity contribution in [1.82, 2.24) is 5.32 Å². The summed E-state index contributed by atoms with van der Waals surface area (Å²) in [5, 5.41) is 2.20. The zero-order valence-corrected chi connectivity index (χ0v) is 16.6. The number of carbonyl (C=O) groups is 5. The second-order valence-electron chi connectivity index (χ2n) is 7.11. The number of piperidine rings is 1. The van der Waals surface area contributed by atoms with Crippen molar-refractivity contribution in [3.05, 3.63) is 12.2 Å². The third-order valence-corrected chi connectivity index (χ3v) is 4.85. The van der Waals surface area contributed by atoms with Gasteiger partial charge in [0.1, 0.15) is 19.5 Å². The quantitative estimate of drug-likeness (QED) is 0.350. The van der Waals surface area contributed by atoms with Gasteiger partial charge in [-0.2, -0.15) is 0 Å². The van der Waals surface area contributed by atoms with Crippen LogP contribution in [0.3, 0.4) is 0 Å². The van der Waals surface area contributed by atoms with Gasteiger partial charge in [0, 0.05) is 38.5 Å². The van der Waals surface area contributed by atoms with E-state index in [1.54, 1.807) is 6.92 Å². The van der Waals surface area contributed by atoms with Crippen LogP contribution in [0.15, 0.2) is 12.2 Å². The van der Waals surface area contributed by atoms with Crippen LogP contribution in [0.5, 0.6) is 0 Å². The lowest BCUT2D eigenvalue weighted by Gasteiger charge is -2.41. The minimum absolute atomic E-state index is 0.0101. The molecule has 2 rings (SSSR count). The van der Waals surface area contributed by atoms with Crippen LogP contribution in [0, 0.1) is 11.8 Å². The fourth-order valence-corrected chi connectivity index (χ4v) is 3.33. The lowest BCUT2D eigenvalue weighted by molar-refractivity contribution is -0.247. The minimum Gasteiger partial charge on any atom is -0.461 e. The lowest BCUT2D eigenvalue weighted by atomic mass is 9.83. The van der Waals surface area contributed by atoms with E-state index < -0.39 is 59.7 Å². The van der Waals surface area contributed by atoms with E-state index in [2.05, 4.69) is 11.9 Å². The van der Waals surface area contributed by atoms with Gasteiger partial charge in [-0.25, -0.2) is 0 Å². The van der Waals surface area contributed by atoms with E-state index in [1.165, 1.54) is 13.8 Å². The number of hydrogen-bond donors (Lipinski definition) is 1. The predicted molar refractivity (Wildman–Crippen MR) is 96.0 cm³/mol. The molecule has 2 aliphatic heterocycles. The number of Topliss-reactive ketones (excluding diaryl/α,β-unsaturated/α-hetero) is 1. The summed E-state index contributed by atoms with van der Waals surface area (Å²) >= 11 is 0. The third-order valence-electron chi connectivity index (χ3n) is 4.85. The Morgan fingerprint density at radius 3 is 2.31 bits per heavy atom. The molecule has 0 aromatic rings. The van der Waals surface area contributed by atoms with E-state index in [0.717, 1.165) is 0 Å². The summed E-state index contributed by atoms with van der Waals surface area (Å²) in [5.74, 6) is -3.86. The van der Waals surface area contributed by atoms with E-state index in [-0.39, 0.29) is 26.2 Å². The van der Waals surface area contributed by atoms with E-state index in [9.17, 15) is 24.0 Å². The first-order valence-electron chi connectivity index (χ1n) is 9.18. The summed E-state index contributed by atoms with van der Waals surface area (Å²) in [6.07, 6.45) is -3.21. The lowest BCUT2D eigenvalue weighted by Crippen LogP contribution is -2.57. The Balaban J connectivity index is 2.20. The Morgan fingerprint density at radius 2 is 1.76 bits per heavy atom. The van der Waals surface area contributed by atoms with Crippen LogP contribution < -0.4 is 5.32 Å². The van der Waals surface area contributed by atoms with Gasteiger partial charge >= 0.3 is 11.9 Å². The topological polar surface area (TPSA) is 134 Å². The molecule has 2 heterocycles. The largest absolute Gasteiger partial charge is 0.461 e. The van der Waals surface area contributed by atoms with Gasteiger partial charge in [0.2, 0.25) is 11.8 Å². The molecule has 29 heavy (non-hydrogen) atoms. The predicted octanol–water partition coefficient (Wildman–Crippen LogP) is 0.0369. The van der Waals surface area contributed by atoms with E-state index in [1.807, 2.05) is 0 Å². The van der Waals surface area contributed by atoms with Crippen molar-refractivity contribution in [2.24, 2.45) is 11.8 Å². The van der Waals surface area contributed by atoms with Crippen LogP contribution >= 0.6 is 0 Å². The molecule has 2 fully saturated rings. The molecule has 160 valence electrons. The van der Waals surface area contributed by atoms with Gasteiger partial charge in [-0.15, -0.1) is 0 Å². The van der Waals surface area contributed by atoms with E-state index in [4.69, 9.17) is 18.9 Å². The number of imide groups is 1. The highest BCUT2D eigenvalue weighted by atomic mass is 16.7. The molecular formula is C19H25NO9. The molecule has 10 nitrogen and oxygen atoms in total. The molecule has 2 unspecified atom stereocenters. The summed E-state index contributed by atoms with van der Waals surface area (Å²) in [5.41, 5.74) is 0.352. The highest BCUT2D eigenvalue weighted by Gasteiger charge is 2.48. The van der Waals surface area contributed by atoms with Crippen LogP contribution in [0.2, 0.25) is 0 Å². The molecule has 2 amide bonds. The number of rotatable bonds is 7. The van der Waals surface area contributed by atoms with Crippen molar-refractivity contribution in [3.8, 4) is 0 Å². The Bertz CT molecular complexity index is 700. The van der Waals surface area contributed by atoms with Gasteiger partial charge < -0.3 is 18.9 Å². The van der Waals surface area contributed by atoms with Gasteiger partial charge in [0.05, 0.1) is 0 Å². The number of esters is 2. The van der Waals surface area contributed by atoms with Crippen LogP contribution in [0.1, 0.15) is 33.6 Å². The molecule has 2 aliphatic rings. The monoisotopic (exact) mass is 411 g/mol. The summed E-state index contributed by atoms with van der Waals surface area (Å²) in [6.45, 7) is 7.35. The highest BCUT2D eigenvalue weighted by molar-refractivity contribution is 5.98. The number of ketones is 1. The molecule has 0 aromatic heterocycles. The molecule has 0 aromatic carbocycles. The Morgan fingerprint density at radius 1 is 1.14 bits per heavy atom. The second-order valence-corrected chi connectivity index (χ2v) is 7.11. The van der Waals surface area contributed by atoms with E-state index >= 15 is 0 Å². The number of hydrogen-bond acceptors (Lipinski definition) is 9. The first kappa shape index (κ1) is 22.7. The standard InChI is InChI=1S/C19H25NO9/c1-9(7-26-11(3)21)10(2)16(25)18-19(29-12(4)22)17(27-8-28-18)13-5-14(23)20-15(24)6-13/h10,13,17-19H,1,5-8H2,2-4H3,(H,20,23,24)/t10-,17?,18?,19-/m0/s1. The summed E-state index contributed by atoms with van der Waals surface area (Å²) in [7, 11) is 0. The Labute approximate surface area is 167 Å². The molecule has 2 saturated heterocycles. The Hall–Kier alpha value is -2.59. The van der Waals surface area contributed by atoms with Gasteiger partial charge in [-0.3, -0.25) is 29.3 Å². The van der Waals surface area contributed by atoms with Crippen LogP contribution in [-0.2, 0) is 42.9 Å². The first-order chi connectivity index (χ1) is 13.6. The zero-order chi connectivity index (χ0) is 21.7. The molecule has 0 radical (unpaired) electrons. The zero-order valence-electron chi connectivity index (χ0n) is 16.6. The number of nitrogens with one attached hydrogen (secondary N) is 1. The van der Waals surface area contributed by atoms with Crippen LogP contribution in [0.4, 0.5) is 0 Å². The molecule has 1 N–H and O–H groups in total. The van der Waals surface area contributed by atoms with E-state index in [0.29, 0.717) is 5.57 Å². The fraction of sp³-hybridized carbons (Fsp3) is 0.632. The van der Waals surface area contributed by atoms with Crippen LogP contribution in [-0.4, -0.2) is 61.2 Å². The van der Waals surface area contributed by atoms with Crippen molar-refractivity contribution in [3.63, 3.8) is 0 Å². The van der Waals surface area contributed by atoms with Crippen molar-refractivity contribution in [1.29, 1.82) is 0 Å². The van der Waals surface area contributed by atoms with Crippen LogP contribution in [0.25, 0.3) is 0 Å². The second kappa shape index (κ2) is 9.75. The molecule has 0 aliphatic carbocycles. The van der Waals surface area contributed by atoms with Gasteiger partial charge in [0.25, 0.3) is 0 Å². The molecule has 0 saturated carbocycles. The highest BCUT2D eigenvalue weighted by Crippen LogP contribution is 2.31. The molecular weight excluding hydrogens is 386 g/mol. The maximum Gasteiger partial charge on any atom is 0.303 e. The van der Waals surface area contributed by atoms with Crippen molar-refractivity contribution in [2.75, 3.05) is 13.4 Å². The first-order valence-corrected chi connectivity index (χ1v) is 9.18. The number of amides is 2. The van der Waals surface area contributed by atoms with Gasteiger partial charge in [-0.1, -0.05) is 13.5 Å². The maximum absolute atomic E-state index is 13.0. The van der Waals surface area contributed by atoms with Crippen molar-refractivity contribution >= 4 is 29.5 Å². The average Bonchev–Trinajstić information content (AvgIpc) is 2.63. The number of ether oxygens (including phenoxy) is 4. The summed E-state index contributed by atoms with van der Waals surface area (Å²) < 4.78 is 21.2. The average molecular weight is 411 g/mol. The van der Waals surface area contributed by atoms with Gasteiger partial charge in [0.15, 0.2) is 18.0 Å². The Kier molecular flexibility index (Phi) is 7.63. The molecule has 0 spiro atoms. The normalized spacial score (nSPS) is 26.2. The third kappa shape index (κ3) is 5.94. The SMILES string of the molecule is C=C(COC(C)=O)[C@H](C)C(=O)C1OCOC(C2CC(=O)NC(=O)C2)[C@@H]1OC(C)=O. The molecule has 4 atom stereocenters. The van der Waals surface area contributed by atoms with Crippen molar-refractivity contribution < 1.29 is 42.9 Å². The minimum atomic E-state index is -1.18. The fourth-order valence-electron chi connectivity index (χ4n) is 3.33. The maximum atomic E-state index is 13.0. The van der Waals surface area contributed by atoms with Gasteiger partial charge in [-0.05, 0) is 5.57 Å². The molecule has 10 heteroatoms. The number of carbonyl (C=O) groups excluding carboxylic acids is 5. The summed E-state index contributed by atoms with van der Waals surface area (Å²) in [4.78, 5) is 59.1.